The SMILES string of the molecule is CCCC(CCC)S(=O)(=O)C[C@H](N)C(=O)N[C@@H](Cc1cc(F)cc(F)c1)[C@H](O)CNCc1cccc(CC)c1. The van der Waals surface area contributed by atoms with Crippen molar-refractivity contribution in [3.63, 3.8) is 0 Å². The number of hydrogen-bond donors (Lipinski definition) is 4. The van der Waals surface area contributed by atoms with Crippen LogP contribution in [0.2, 0.25) is 0 Å². The van der Waals surface area contributed by atoms with E-state index in [1.807, 2.05) is 32.0 Å². The van der Waals surface area contributed by atoms with Crippen molar-refractivity contribution in [2.24, 2.45) is 5.73 Å². The zero-order valence-electron chi connectivity index (χ0n) is 23.1. The number of benzene rings is 2. The van der Waals surface area contributed by atoms with Gasteiger partial charge in [-0.05, 0) is 54.5 Å². The van der Waals surface area contributed by atoms with Gasteiger partial charge in [-0.25, -0.2) is 17.2 Å². The predicted molar refractivity (Wildman–Crippen MR) is 151 cm³/mol. The van der Waals surface area contributed by atoms with Crippen LogP contribution in [0.25, 0.3) is 0 Å². The minimum absolute atomic E-state index is 0.0711. The lowest BCUT2D eigenvalue weighted by atomic mass is 10.00. The molecule has 2 aromatic rings. The first-order chi connectivity index (χ1) is 18.5. The number of halogens is 2. The van der Waals surface area contributed by atoms with Crippen molar-refractivity contribution in [1.29, 1.82) is 0 Å². The van der Waals surface area contributed by atoms with Crippen LogP contribution in [0.15, 0.2) is 42.5 Å². The van der Waals surface area contributed by atoms with E-state index in [0.717, 1.165) is 30.2 Å². The summed E-state index contributed by atoms with van der Waals surface area (Å²) >= 11 is 0. The molecule has 0 aliphatic rings. The molecule has 10 heteroatoms. The molecule has 0 unspecified atom stereocenters. The van der Waals surface area contributed by atoms with E-state index in [0.29, 0.717) is 32.2 Å². The highest BCUT2D eigenvalue weighted by Gasteiger charge is 2.31. The largest absolute Gasteiger partial charge is 0.390 e. The van der Waals surface area contributed by atoms with Gasteiger partial charge in [0.25, 0.3) is 0 Å². The quantitative estimate of drug-likeness (QED) is 0.233. The van der Waals surface area contributed by atoms with E-state index in [9.17, 15) is 27.1 Å². The third kappa shape index (κ3) is 10.9. The van der Waals surface area contributed by atoms with Crippen molar-refractivity contribution in [3.8, 4) is 0 Å². The standard InChI is InChI=1S/C29H43F2N3O4S/c1-4-8-25(9-5-2)39(37,38)19-26(32)29(36)34-27(15-22-13-23(30)16-24(31)14-22)28(35)18-33-17-21-11-7-10-20(6-3)12-21/h7,10-14,16,25-28,33,35H,4-6,8-9,15,17-19,32H2,1-3H3,(H,34,36)/t26-,27-,28+/m0/s1. The summed E-state index contributed by atoms with van der Waals surface area (Å²) < 4.78 is 53.5. The van der Waals surface area contributed by atoms with Gasteiger partial charge < -0.3 is 21.5 Å². The minimum Gasteiger partial charge on any atom is -0.390 e. The number of amides is 1. The van der Waals surface area contributed by atoms with Crippen LogP contribution in [0.3, 0.4) is 0 Å². The van der Waals surface area contributed by atoms with E-state index in [4.69, 9.17) is 5.73 Å². The van der Waals surface area contributed by atoms with E-state index in [1.54, 1.807) is 0 Å². The van der Waals surface area contributed by atoms with Gasteiger partial charge in [0.05, 0.1) is 29.2 Å². The van der Waals surface area contributed by atoms with Crippen LogP contribution in [0.5, 0.6) is 0 Å². The van der Waals surface area contributed by atoms with E-state index >= 15 is 0 Å². The summed E-state index contributed by atoms with van der Waals surface area (Å²) in [5.41, 5.74) is 8.46. The maximum absolute atomic E-state index is 13.8. The van der Waals surface area contributed by atoms with Gasteiger partial charge in [-0.15, -0.1) is 0 Å². The highest BCUT2D eigenvalue weighted by molar-refractivity contribution is 7.92. The molecule has 0 radical (unpaired) electrons. The highest BCUT2D eigenvalue weighted by atomic mass is 32.2. The van der Waals surface area contributed by atoms with Crippen molar-refractivity contribution in [2.75, 3.05) is 12.3 Å². The third-order valence-electron chi connectivity index (χ3n) is 6.73. The maximum atomic E-state index is 13.8. The lowest BCUT2D eigenvalue weighted by Crippen LogP contribution is -2.54. The second-order valence-corrected chi connectivity index (χ2v) is 12.4. The van der Waals surface area contributed by atoms with Crippen LogP contribution in [-0.2, 0) is 34.0 Å². The van der Waals surface area contributed by atoms with Crippen LogP contribution in [-0.4, -0.2) is 55.2 Å². The molecule has 0 heterocycles. The summed E-state index contributed by atoms with van der Waals surface area (Å²) in [4.78, 5) is 13.0. The monoisotopic (exact) mass is 567 g/mol. The van der Waals surface area contributed by atoms with Gasteiger partial charge in [0.15, 0.2) is 9.84 Å². The van der Waals surface area contributed by atoms with Gasteiger partial charge in [0.1, 0.15) is 11.6 Å². The van der Waals surface area contributed by atoms with E-state index < -0.39 is 56.6 Å². The fraction of sp³-hybridized carbons (Fsp3) is 0.552. The molecule has 218 valence electrons. The Labute approximate surface area is 231 Å². The average Bonchev–Trinajstić information content (AvgIpc) is 2.87. The van der Waals surface area contributed by atoms with E-state index in [-0.39, 0.29) is 18.5 Å². The van der Waals surface area contributed by atoms with Crippen LogP contribution < -0.4 is 16.4 Å². The van der Waals surface area contributed by atoms with Crippen molar-refractivity contribution < 1.29 is 27.1 Å². The molecule has 5 N–H and O–H groups in total. The van der Waals surface area contributed by atoms with Gasteiger partial charge >= 0.3 is 0 Å². The zero-order valence-corrected chi connectivity index (χ0v) is 23.9. The number of rotatable bonds is 17. The van der Waals surface area contributed by atoms with Gasteiger partial charge in [0, 0.05) is 19.2 Å². The first-order valence-corrected chi connectivity index (χ1v) is 15.4. The molecule has 0 aliphatic carbocycles. The number of aliphatic hydroxyl groups excluding tert-OH is 1. The molecular weight excluding hydrogens is 524 g/mol. The molecule has 0 saturated carbocycles. The van der Waals surface area contributed by atoms with Crippen molar-refractivity contribution >= 4 is 15.7 Å². The summed E-state index contributed by atoms with van der Waals surface area (Å²) in [6.45, 7) is 6.40. The lowest BCUT2D eigenvalue weighted by molar-refractivity contribution is -0.123. The Bertz CT molecular complexity index is 1140. The van der Waals surface area contributed by atoms with Gasteiger partial charge in [0.2, 0.25) is 5.91 Å². The molecule has 0 saturated heterocycles. The van der Waals surface area contributed by atoms with Gasteiger partial charge in [-0.2, -0.15) is 0 Å². The normalized spacial score (nSPS) is 14.3. The first kappa shape index (κ1) is 32.8. The number of aryl methyl sites for hydroxylation is 1. The molecule has 7 nitrogen and oxygen atoms in total. The Morgan fingerprint density at radius 3 is 2.18 bits per heavy atom. The van der Waals surface area contributed by atoms with Crippen LogP contribution in [0.4, 0.5) is 8.78 Å². The number of carbonyl (C=O) groups excluding carboxylic acids is 1. The number of nitrogens with one attached hydrogen (secondary N) is 2. The summed E-state index contributed by atoms with van der Waals surface area (Å²) in [7, 11) is -3.63. The Morgan fingerprint density at radius 1 is 0.974 bits per heavy atom. The molecule has 2 rings (SSSR count). The minimum atomic E-state index is -3.63. The summed E-state index contributed by atoms with van der Waals surface area (Å²) in [6.07, 6.45) is 2.03. The highest BCUT2D eigenvalue weighted by Crippen LogP contribution is 2.17. The second kappa shape index (κ2) is 16.0. The van der Waals surface area contributed by atoms with E-state index in [2.05, 4.69) is 23.6 Å². The van der Waals surface area contributed by atoms with Gasteiger partial charge in [-0.1, -0.05) is 57.9 Å². The topological polar surface area (TPSA) is 122 Å². The molecule has 0 spiro atoms. The van der Waals surface area contributed by atoms with E-state index in [1.165, 1.54) is 5.56 Å². The fourth-order valence-corrected chi connectivity index (χ4v) is 6.75. The lowest BCUT2D eigenvalue weighted by Gasteiger charge is -2.27. The molecule has 2 aromatic carbocycles. The average molecular weight is 568 g/mol. The molecule has 39 heavy (non-hydrogen) atoms. The maximum Gasteiger partial charge on any atom is 0.238 e. The van der Waals surface area contributed by atoms with Crippen LogP contribution in [0.1, 0.15) is 63.1 Å². The Balaban J connectivity index is 2.13. The molecule has 0 aliphatic heterocycles. The van der Waals surface area contributed by atoms with Crippen molar-refractivity contribution in [3.05, 3.63) is 70.8 Å². The summed E-state index contributed by atoms with van der Waals surface area (Å²) in [5.74, 6) is -2.83. The number of aliphatic hydroxyl groups is 1. The van der Waals surface area contributed by atoms with Crippen molar-refractivity contribution in [2.45, 2.75) is 89.3 Å². The summed E-state index contributed by atoms with van der Waals surface area (Å²) in [6, 6.07) is 8.66. The molecular formula is C29H43F2N3O4S. The second-order valence-electron chi connectivity index (χ2n) is 10.1. The number of carbonyl (C=O) groups is 1. The Kier molecular flexibility index (Phi) is 13.5. The van der Waals surface area contributed by atoms with Crippen LogP contribution in [0, 0.1) is 11.6 Å². The Morgan fingerprint density at radius 2 is 1.59 bits per heavy atom. The number of nitrogens with two attached hydrogens (primary N) is 1. The molecule has 0 bridgehead atoms. The number of hydrogen-bond acceptors (Lipinski definition) is 6. The molecule has 0 aromatic heterocycles. The smallest absolute Gasteiger partial charge is 0.238 e. The third-order valence-corrected chi connectivity index (χ3v) is 9.04. The van der Waals surface area contributed by atoms with Gasteiger partial charge in [-0.3, -0.25) is 4.79 Å². The fourth-order valence-electron chi connectivity index (χ4n) is 4.63. The summed E-state index contributed by atoms with van der Waals surface area (Å²) in [5, 5.41) is 16.2. The van der Waals surface area contributed by atoms with Crippen molar-refractivity contribution in [1.82, 2.24) is 10.6 Å². The molecule has 1 amide bonds. The number of sulfone groups is 1. The Hall–Kier alpha value is -2.40. The predicted octanol–water partition coefficient (Wildman–Crippen LogP) is 3.42. The first-order valence-electron chi connectivity index (χ1n) is 13.7. The van der Waals surface area contributed by atoms with Crippen LogP contribution >= 0.6 is 0 Å². The zero-order chi connectivity index (χ0) is 29.0. The molecule has 0 fully saturated rings. The molecule has 3 atom stereocenters.